The molecule has 0 radical (unpaired) electrons. The predicted molar refractivity (Wildman–Crippen MR) is 265 cm³/mol. The van der Waals surface area contributed by atoms with E-state index in [1.807, 2.05) is 4.72 Å². The highest BCUT2D eigenvalue weighted by molar-refractivity contribution is 7.90. The van der Waals surface area contributed by atoms with Crippen LogP contribution in [0.15, 0.2) is 78.1 Å². The summed E-state index contributed by atoms with van der Waals surface area (Å²) in [6.07, 6.45) is 12.1. The van der Waals surface area contributed by atoms with Gasteiger partial charge in [-0.15, -0.1) is 0 Å². The number of pyridine rings is 2. The number of benzene rings is 2. The lowest BCUT2D eigenvalue weighted by molar-refractivity contribution is -0.384. The van der Waals surface area contributed by atoms with E-state index in [0.29, 0.717) is 62.3 Å². The molecule has 0 bridgehead atoms. The summed E-state index contributed by atoms with van der Waals surface area (Å²) in [4.78, 5) is 56.3. The van der Waals surface area contributed by atoms with E-state index in [-0.39, 0.29) is 51.6 Å². The minimum Gasteiger partial charge on any atom is -0.455 e. The number of nitrogens with one attached hydrogen (secondary N) is 3. The fourth-order valence-electron chi connectivity index (χ4n) is 11.4. The highest BCUT2D eigenvalue weighted by Gasteiger charge is 2.51. The van der Waals surface area contributed by atoms with E-state index in [9.17, 15) is 37.6 Å². The van der Waals surface area contributed by atoms with Gasteiger partial charge in [0.25, 0.3) is 15.9 Å². The first-order valence-electron chi connectivity index (χ1n) is 25.0. The Kier molecular flexibility index (Phi) is 13.0. The highest BCUT2D eigenvalue weighted by Crippen LogP contribution is 2.53. The Hall–Kier alpha value is -6.18. The number of hydrogen-bond acceptors (Lipinski definition) is 13. The van der Waals surface area contributed by atoms with Gasteiger partial charge in [0.15, 0.2) is 0 Å². The van der Waals surface area contributed by atoms with Crippen molar-refractivity contribution in [2.24, 2.45) is 17.3 Å². The second kappa shape index (κ2) is 19.1. The van der Waals surface area contributed by atoms with E-state index in [2.05, 4.69) is 73.1 Å². The molecule has 3 aliphatic carbocycles. The van der Waals surface area contributed by atoms with Crippen molar-refractivity contribution in [1.82, 2.24) is 29.5 Å². The van der Waals surface area contributed by atoms with Gasteiger partial charge < -0.3 is 29.9 Å². The molecule has 4 N–H and O–H groups in total. The lowest BCUT2D eigenvalue weighted by atomic mass is 9.59. The second-order valence-electron chi connectivity index (χ2n) is 21.2. The van der Waals surface area contributed by atoms with E-state index in [4.69, 9.17) is 4.74 Å². The standard InChI is InChI=1S/C52H62FN9O8S/c1-32(2)39-6-4-5-7-40(39)45-31-60(50(64)34-8-9-34)20-21-61(45)36-25-52(26-36)16-18-59(19-17-52)35-10-11-41(46(22-35)70-37-23-42-43(53)30-57-47(42)55-28-37)49(63)58-71(68,69)38-24-44(62(66)67)48(56-29-38)54-27-33-12-14-51(3,65)15-13-33/h4-7,10-11,22-24,28-30,32-34,36,45,65H,8-9,12-21,25-27,31H2,1-3H3,(H,54,56)(H,55,57)(H,58,63)/t33?,45-,51?/m0/s1. The molecule has 2 saturated heterocycles. The molecule has 5 heterocycles. The van der Waals surface area contributed by atoms with Crippen LogP contribution in [0.5, 0.6) is 11.5 Å². The van der Waals surface area contributed by atoms with Crippen LogP contribution in [0.25, 0.3) is 11.0 Å². The number of amides is 2. The van der Waals surface area contributed by atoms with Crippen LogP contribution in [-0.4, -0.2) is 106 Å². The van der Waals surface area contributed by atoms with Gasteiger partial charge in [-0.25, -0.2) is 27.5 Å². The summed E-state index contributed by atoms with van der Waals surface area (Å²) >= 11 is 0. The number of nitro groups is 1. The fourth-order valence-corrected chi connectivity index (χ4v) is 12.3. The maximum Gasteiger partial charge on any atom is 0.312 e. The summed E-state index contributed by atoms with van der Waals surface area (Å²) in [5, 5.41) is 25.6. The Balaban J connectivity index is 0.844. The Morgan fingerprint density at radius 3 is 2.45 bits per heavy atom. The van der Waals surface area contributed by atoms with Crippen LogP contribution in [0, 0.1) is 33.2 Å². The van der Waals surface area contributed by atoms with Crippen molar-refractivity contribution < 1.29 is 37.2 Å². The molecule has 376 valence electrons. The number of hydrogen-bond donors (Lipinski definition) is 4. The summed E-state index contributed by atoms with van der Waals surface area (Å²) < 4.78 is 50.5. The molecule has 1 spiro atoms. The molecule has 71 heavy (non-hydrogen) atoms. The molecule has 5 fully saturated rings. The predicted octanol–water partition coefficient (Wildman–Crippen LogP) is 8.44. The van der Waals surface area contributed by atoms with Crippen molar-refractivity contribution in [2.75, 3.05) is 49.5 Å². The maximum absolute atomic E-state index is 14.7. The average molecular weight is 992 g/mol. The first-order chi connectivity index (χ1) is 33.9. The Bertz CT molecular complexity index is 2950. The van der Waals surface area contributed by atoms with Crippen molar-refractivity contribution in [3.8, 4) is 11.5 Å². The summed E-state index contributed by atoms with van der Waals surface area (Å²) in [5.74, 6) is -0.629. The molecule has 17 nitrogen and oxygen atoms in total. The van der Waals surface area contributed by atoms with Crippen LogP contribution >= 0.6 is 0 Å². The van der Waals surface area contributed by atoms with Crippen LogP contribution in [0.2, 0.25) is 0 Å². The smallest absolute Gasteiger partial charge is 0.312 e. The lowest BCUT2D eigenvalue weighted by Crippen LogP contribution is -2.60. The zero-order chi connectivity index (χ0) is 49.8. The number of carbonyl (C=O) groups excluding carboxylic acids is 2. The molecule has 10 rings (SSSR count). The molecule has 1 atom stereocenters. The summed E-state index contributed by atoms with van der Waals surface area (Å²) in [7, 11) is -4.71. The van der Waals surface area contributed by atoms with Crippen molar-refractivity contribution in [3.05, 3.63) is 106 Å². The van der Waals surface area contributed by atoms with Crippen molar-refractivity contribution in [2.45, 2.75) is 113 Å². The molecule has 5 aromatic rings. The van der Waals surface area contributed by atoms with Crippen LogP contribution in [0.1, 0.15) is 118 Å². The number of piperazine rings is 1. The van der Waals surface area contributed by atoms with Gasteiger partial charge in [-0.05, 0) is 118 Å². The number of fused-ring (bicyclic) bond motifs is 1. The number of halogens is 1. The normalized spacial score (nSPS) is 22.9. The van der Waals surface area contributed by atoms with Crippen LogP contribution in [0.3, 0.4) is 0 Å². The molecule has 2 aliphatic heterocycles. The molecule has 5 aliphatic rings. The number of anilines is 2. The molecule has 0 unspecified atom stereocenters. The monoisotopic (exact) mass is 991 g/mol. The third-order valence-electron chi connectivity index (χ3n) is 15.8. The van der Waals surface area contributed by atoms with Crippen LogP contribution in [0.4, 0.5) is 21.6 Å². The van der Waals surface area contributed by atoms with Crippen LogP contribution in [-0.2, 0) is 14.8 Å². The van der Waals surface area contributed by atoms with Gasteiger partial charge in [-0.3, -0.25) is 24.6 Å². The number of piperidine rings is 1. The van der Waals surface area contributed by atoms with E-state index < -0.39 is 42.9 Å². The van der Waals surface area contributed by atoms with Crippen LogP contribution < -0.4 is 19.7 Å². The molecule has 3 aromatic heterocycles. The lowest BCUT2D eigenvalue weighted by Gasteiger charge is -2.58. The average Bonchev–Trinajstić information content (AvgIpc) is 4.14. The number of aromatic nitrogens is 3. The number of carbonyl (C=O) groups is 2. The van der Waals surface area contributed by atoms with Crippen molar-refractivity contribution >= 4 is 50.1 Å². The van der Waals surface area contributed by atoms with E-state index in [1.54, 1.807) is 19.1 Å². The fraction of sp³-hybridized carbons (Fsp3) is 0.500. The van der Waals surface area contributed by atoms with Gasteiger partial charge >= 0.3 is 5.69 Å². The Labute approximate surface area is 412 Å². The van der Waals surface area contributed by atoms with Gasteiger partial charge in [0, 0.05) is 75.2 Å². The molecule has 2 aromatic carbocycles. The van der Waals surface area contributed by atoms with Gasteiger partial charge in [0.1, 0.15) is 27.9 Å². The number of aliphatic hydroxyl groups is 1. The number of ether oxygens (including phenoxy) is 1. The molecule has 19 heteroatoms. The largest absolute Gasteiger partial charge is 0.455 e. The first kappa shape index (κ1) is 48.4. The third kappa shape index (κ3) is 10.2. The third-order valence-corrected chi connectivity index (χ3v) is 17.1. The molecular formula is C52H62FN9O8S. The minimum atomic E-state index is -4.71. The van der Waals surface area contributed by atoms with Crippen molar-refractivity contribution in [3.63, 3.8) is 0 Å². The Morgan fingerprint density at radius 2 is 1.73 bits per heavy atom. The number of rotatable bonds is 14. The molecule has 2 amide bonds. The first-order valence-corrected chi connectivity index (χ1v) is 26.4. The number of H-pyrrole nitrogens is 1. The zero-order valence-corrected chi connectivity index (χ0v) is 41.2. The topological polar surface area (TPSA) is 216 Å². The SMILES string of the molecule is CC(C)c1ccccc1[C@@H]1CN(C(=O)C2CC2)CCN1C1CC2(CCN(c3ccc(C(=O)NS(=O)(=O)c4cnc(NCC5CCC(C)(O)CC5)c([N+](=O)[O-])c4)c(Oc4cnc5[nH]cc(F)c5c4)c3)CC2)C1. The van der Waals surface area contributed by atoms with Gasteiger partial charge in [-0.1, -0.05) is 38.1 Å². The van der Waals surface area contributed by atoms with Gasteiger partial charge in [0.2, 0.25) is 11.7 Å². The van der Waals surface area contributed by atoms with E-state index in [0.717, 1.165) is 82.7 Å². The van der Waals surface area contributed by atoms with Gasteiger partial charge in [-0.2, -0.15) is 0 Å². The quantitative estimate of drug-likeness (QED) is 0.0608. The van der Waals surface area contributed by atoms with Crippen molar-refractivity contribution in [1.29, 1.82) is 0 Å². The summed E-state index contributed by atoms with van der Waals surface area (Å²) in [6, 6.07) is 16.4. The van der Waals surface area contributed by atoms with E-state index in [1.165, 1.54) is 35.7 Å². The number of aromatic amines is 1. The number of sulfonamides is 1. The summed E-state index contributed by atoms with van der Waals surface area (Å²) in [5.41, 5.74) is 2.38. The van der Waals surface area contributed by atoms with Gasteiger partial charge in [0.05, 0.1) is 39.9 Å². The molecular weight excluding hydrogens is 930 g/mol. The second-order valence-corrected chi connectivity index (χ2v) is 22.9. The number of nitrogens with zero attached hydrogens (tertiary/aromatic N) is 6. The van der Waals surface area contributed by atoms with E-state index >= 15 is 0 Å². The minimum absolute atomic E-state index is 0.00352. The Morgan fingerprint density at radius 1 is 0.986 bits per heavy atom. The maximum atomic E-state index is 14.7. The highest BCUT2D eigenvalue weighted by atomic mass is 32.2. The zero-order valence-electron chi connectivity index (χ0n) is 40.4. The molecule has 3 saturated carbocycles. The summed E-state index contributed by atoms with van der Waals surface area (Å²) in [6.45, 7) is 10.4.